The number of nitrogens with one attached hydrogen (secondary N) is 4. The van der Waals surface area contributed by atoms with Crippen LogP contribution in [0.25, 0.3) is 10.9 Å². The van der Waals surface area contributed by atoms with Crippen LogP contribution in [0.15, 0.2) is 24.3 Å². The van der Waals surface area contributed by atoms with Crippen LogP contribution in [-0.2, 0) is 15.4 Å². The smallest absolute Gasteiger partial charge is 0.317 e. The van der Waals surface area contributed by atoms with Gasteiger partial charge in [-0.2, -0.15) is 0 Å². The summed E-state index contributed by atoms with van der Waals surface area (Å²) in [7, 11) is -3.63. The monoisotopic (exact) mass is 463 g/mol. The first-order valence-electron chi connectivity index (χ1n) is 11.0. The van der Waals surface area contributed by atoms with Gasteiger partial charge in [0.2, 0.25) is 10.0 Å². The molecule has 0 radical (unpaired) electrons. The van der Waals surface area contributed by atoms with E-state index in [1.54, 1.807) is 0 Å². The summed E-state index contributed by atoms with van der Waals surface area (Å²) in [5.74, 6) is -0.349. The van der Waals surface area contributed by atoms with Crippen LogP contribution in [0.2, 0.25) is 0 Å². The van der Waals surface area contributed by atoms with Crippen LogP contribution in [0.1, 0.15) is 46.2 Å². The molecule has 1 unspecified atom stereocenters. The lowest BCUT2D eigenvalue weighted by Gasteiger charge is -2.35. The highest BCUT2D eigenvalue weighted by Gasteiger charge is 2.46. The number of anilines is 1. The molecule has 2 amide bonds. The van der Waals surface area contributed by atoms with Crippen molar-refractivity contribution in [1.82, 2.24) is 19.9 Å². The summed E-state index contributed by atoms with van der Waals surface area (Å²) in [5.41, 5.74) is 2.12. The maximum Gasteiger partial charge on any atom is 0.317 e. The molecule has 2 saturated heterocycles. The summed E-state index contributed by atoms with van der Waals surface area (Å²) in [4.78, 5) is 15.0. The Labute approximate surface area is 189 Å². The van der Waals surface area contributed by atoms with E-state index in [2.05, 4.69) is 59.9 Å². The second-order valence-electron chi connectivity index (χ2n) is 10.2. The number of aromatic amines is 1. The Hall–Kier alpha value is -2.30. The summed E-state index contributed by atoms with van der Waals surface area (Å²) in [6, 6.07) is 8.04. The number of amides is 2. The number of nitrogens with zero attached hydrogens (tertiary/aromatic N) is 1. The average molecular weight is 464 g/mol. The van der Waals surface area contributed by atoms with Crippen molar-refractivity contribution in [2.75, 3.05) is 24.2 Å². The first-order valence-corrected chi connectivity index (χ1v) is 12.6. The van der Waals surface area contributed by atoms with Crippen LogP contribution in [0.3, 0.4) is 0 Å². The van der Waals surface area contributed by atoms with E-state index in [0.29, 0.717) is 25.9 Å². The number of carbonyl (C=O) groups is 1. The van der Waals surface area contributed by atoms with Crippen LogP contribution in [0.4, 0.5) is 10.5 Å². The van der Waals surface area contributed by atoms with Gasteiger partial charge >= 0.3 is 6.03 Å². The van der Waals surface area contributed by atoms with Gasteiger partial charge in [0.05, 0.1) is 11.3 Å². The molecule has 32 heavy (non-hydrogen) atoms. The number of benzene rings is 1. The number of hydrogen-bond acceptors (Lipinski definition) is 5. The number of aromatic nitrogens is 1. The van der Waals surface area contributed by atoms with Crippen molar-refractivity contribution in [2.24, 2.45) is 0 Å². The molecule has 176 valence electrons. The highest BCUT2D eigenvalue weighted by atomic mass is 32.2. The van der Waals surface area contributed by atoms with Gasteiger partial charge in [-0.1, -0.05) is 20.8 Å². The standard InChI is InChI=1S/C22H33N5O4S/c1-21(2,3)18-12-14-11-16(5-6-17(14)24-18)23-15-7-9-27(10-8-15)32(30,31)13-22(4)19(28)25-20(29)26-22/h5-6,11-12,15,19,23-24,28H,7-10,13H2,1-4H3,(H2,25,26,29)/t19?,22-/m1/s1. The van der Waals surface area contributed by atoms with Gasteiger partial charge in [-0.25, -0.2) is 17.5 Å². The van der Waals surface area contributed by atoms with Gasteiger partial charge < -0.3 is 26.0 Å². The summed E-state index contributed by atoms with van der Waals surface area (Å²) < 4.78 is 27.3. The van der Waals surface area contributed by atoms with E-state index in [1.807, 2.05) is 6.07 Å². The molecule has 3 heterocycles. The minimum atomic E-state index is -3.63. The van der Waals surface area contributed by atoms with Crippen LogP contribution in [0.5, 0.6) is 0 Å². The van der Waals surface area contributed by atoms with Crippen molar-refractivity contribution >= 4 is 32.6 Å². The van der Waals surface area contributed by atoms with E-state index in [0.717, 1.165) is 16.6 Å². The molecule has 0 spiro atoms. The fraction of sp³-hybridized carbons (Fsp3) is 0.591. The molecule has 0 aliphatic carbocycles. The number of aliphatic hydroxyl groups is 1. The molecule has 2 aliphatic heterocycles. The summed E-state index contributed by atoms with van der Waals surface area (Å²) >= 11 is 0. The zero-order valence-electron chi connectivity index (χ0n) is 19.0. The van der Waals surface area contributed by atoms with E-state index in [1.165, 1.54) is 16.9 Å². The fourth-order valence-corrected chi connectivity index (χ4v) is 6.31. The molecule has 5 N–H and O–H groups in total. The van der Waals surface area contributed by atoms with Crippen LogP contribution < -0.4 is 16.0 Å². The van der Waals surface area contributed by atoms with Crippen molar-refractivity contribution < 1.29 is 18.3 Å². The van der Waals surface area contributed by atoms with Gasteiger partial charge in [-0.15, -0.1) is 0 Å². The molecule has 4 rings (SSSR count). The van der Waals surface area contributed by atoms with Crippen molar-refractivity contribution in [1.29, 1.82) is 0 Å². The quantitative estimate of drug-likeness (QED) is 0.464. The minimum absolute atomic E-state index is 0.0510. The molecule has 1 aromatic heterocycles. The van der Waals surface area contributed by atoms with Gasteiger partial charge in [-0.3, -0.25) is 0 Å². The molecule has 2 fully saturated rings. The van der Waals surface area contributed by atoms with E-state index in [4.69, 9.17) is 0 Å². The van der Waals surface area contributed by atoms with Gasteiger partial charge in [0.25, 0.3) is 0 Å². The van der Waals surface area contributed by atoms with Crippen molar-refractivity contribution in [3.63, 3.8) is 0 Å². The van der Waals surface area contributed by atoms with Gasteiger partial charge in [0, 0.05) is 46.8 Å². The molecule has 9 nitrogen and oxygen atoms in total. The molecule has 1 aromatic carbocycles. The SMILES string of the molecule is CC(C)(C)c1cc2cc(NC3CCN(S(=O)(=O)C[C@@]4(C)NC(=O)NC4O)CC3)ccc2[nH]1. The first kappa shape index (κ1) is 22.9. The molecular weight excluding hydrogens is 430 g/mol. The second-order valence-corrected chi connectivity index (χ2v) is 12.2. The Kier molecular flexibility index (Phi) is 5.67. The third kappa shape index (κ3) is 4.57. The van der Waals surface area contributed by atoms with E-state index < -0.39 is 27.8 Å². The number of sulfonamides is 1. The van der Waals surface area contributed by atoms with E-state index in [9.17, 15) is 18.3 Å². The normalized spacial score (nSPS) is 25.7. The Morgan fingerprint density at radius 3 is 2.50 bits per heavy atom. The lowest BCUT2D eigenvalue weighted by atomic mass is 9.92. The van der Waals surface area contributed by atoms with Gasteiger partial charge in [0.15, 0.2) is 6.23 Å². The lowest BCUT2D eigenvalue weighted by molar-refractivity contribution is 0.102. The maximum absolute atomic E-state index is 12.9. The number of rotatable bonds is 5. The van der Waals surface area contributed by atoms with Crippen LogP contribution in [0, 0.1) is 0 Å². The van der Waals surface area contributed by atoms with E-state index in [-0.39, 0.29) is 17.2 Å². The topological polar surface area (TPSA) is 127 Å². The predicted octanol–water partition coefficient (Wildman–Crippen LogP) is 2.06. The third-order valence-electron chi connectivity index (χ3n) is 6.40. The molecule has 0 bridgehead atoms. The Morgan fingerprint density at radius 1 is 1.22 bits per heavy atom. The molecule has 2 aromatic rings. The average Bonchev–Trinajstić information content (AvgIpc) is 3.21. The van der Waals surface area contributed by atoms with Crippen molar-refractivity contribution in [3.05, 3.63) is 30.0 Å². The zero-order chi connectivity index (χ0) is 23.3. The number of aliphatic hydroxyl groups excluding tert-OH is 1. The highest BCUT2D eigenvalue weighted by molar-refractivity contribution is 7.89. The zero-order valence-corrected chi connectivity index (χ0v) is 19.8. The minimum Gasteiger partial charge on any atom is -0.382 e. The van der Waals surface area contributed by atoms with Crippen LogP contribution >= 0.6 is 0 Å². The molecule has 2 aliphatic rings. The Balaban J connectivity index is 1.37. The Morgan fingerprint density at radius 2 is 1.91 bits per heavy atom. The molecule has 0 saturated carbocycles. The summed E-state index contributed by atoms with van der Waals surface area (Å²) in [5, 5.41) is 19.5. The summed E-state index contributed by atoms with van der Waals surface area (Å²) in [6.45, 7) is 8.86. The fourth-order valence-electron chi connectivity index (χ4n) is 4.37. The highest BCUT2D eigenvalue weighted by Crippen LogP contribution is 2.29. The predicted molar refractivity (Wildman–Crippen MR) is 125 cm³/mol. The Bertz CT molecular complexity index is 1120. The summed E-state index contributed by atoms with van der Waals surface area (Å²) in [6.07, 6.45) is 0.120. The van der Waals surface area contributed by atoms with Gasteiger partial charge in [-0.05, 0) is 44.0 Å². The number of piperidine rings is 1. The third-order valence-corrected chi connectivity index (χ3v) is 8.52. The maximum atomic E-state index is 12.9. The van der Waals surface area contributed by atoms with Crippen molar-refractivity contribution in [3.8, 4) is 0 Å². The van der Waals surface area contributed by atoms with E-state index >= 15 is 0 Å². The largest absolute Gasteiger partial charge is 0.382 e. The number of carbonyl (C=O) groups excluding carboxylic acids is 1. The van der Waals surface area contributed by atoms with Crippen LogP contribution in [-0.4, -0.2) is 65.5 Å². The number of fused-ring (bicyclic) bond motifs is 1. The van der Waals surface area contributed by atoms with Gasteiger partial charge in [0.1, 0.15) is 0 Å². The van der Waals surface area contributed by atoms with Crippen molar-refractivity contribution in [2.45, 2.75) is 63.8 Å². The molecule has 2 atom stereocenters. The lowest BCUT2D eigenvalue weighted by Crippen LogP contribution is -2.55. The number of H-pyrrole nitrogens is 1. The first-order chi connectivity index (χ1) is 14.9. The second kappa shape index (κ2) is 7.93. The number of urea groups is 1. The molecular formula is C22H33N5O4S. The molecule has 10 heteroatoms. The number of hydrogen-bond donors (Lipinski definition) is 5.